The molecule has 0 amide bonds. The van der Waals surface area contributed by atoms with Crippen LogP contribution in [0.15, 0.2) is 51.5 Å². The number of allylic oxidation sites excluding steroid dienone is 2. The maximum Gasteiger partial charge on any atom is 0.227 e. The largest absolute Gasteiger partial charge is 0.437 e. The molecule has 1 aromatic carbocycles. The van der Waals surface area contributed by atoms with Crippen LogP contribution in [-0.4, -0.2) is 17.7 Å². The first-order valence-electron chi connectivity index (χ1n) is 7.00. The summed E-state index contributed by atoms with van der Waals surface area (Å²) in [7, 11) is 1.81. The van der Waals surface area contributed by atoms with Crippen molar-refractivity contribution in [3.05, 3.63) is 53.2 Å². The number of pyridine rings is 1. The fraction of sp³-hybridized carbons (Fsp3) is 0.222. The second kappa shape index (κ2) is 5.17. The number of furan rings is 1. The quantitative estimate of drug-likeness (QED) is 0.639. The van der Waals surface area contributed by atoms with Gasteiger partial charge in [0.25, 0.3) is 0 Å². The smallest absolute Gasteiger partial charge is 0.227 e. The van der Waals surface area contributed by atoms with E-state index in [2.05, 4.69) is 49.0 Å². The van der Waals surface area contributed by atoms with E-state index in [0.29, 0.717) is 5.71 Å². The molecule has 0 aliphatic heterocycles. The predicted molar refractivity (Wildman–Crippen MR) is 88.1 cm³/mol. The molecule has 2 heterocycles. The monoisotopic (exact) mass is 278 g/mol. The van der Waals surface area contributed by atoms with Gasteiger partial charge in [0.2, 0.25) is 5.71 Å². The molecular formula is C18H18N2O. The van der Waals surface area contributed by atoms with E-state index in [9.17, 15) is 0 Å². The van der Waals surface area contributed by atoms with Crippen LogP contribution >= 0.6 is 0 Å². The first-order chi connectivity index (χ1) is 10.1. The third-order valence-electron chi connectivity index (χ3n) is 3.55. The molecule has 0 fully saturated rings. The molecule has 0 bridgehead atoms. The summed E-state index contributed by atoms with van der Waals surface area (Å²) in [6.45, 7) is 6.22. The molecule has 0 atom stereocenters. The van der Waals surface area contributed by atoms with Crippen LogP contribution in [0, 0.1) is 6.92 Å². The van der Waals surface area contributed by atoms with Crippen LogP contribution in [0.25, 0.3) is 22.1 Å². The number of fused-ring (bicyclic) bond motifs is 3. The molecule has 0 unspecified atom stereocenters. The summed E-state index contributed by atoms with van der Waals surface area (Å²) in [5.74, 6) is 0. The van der Waals surface area contributed by atoms with E-state index in [-0.39, 0.29) is 0 Å². The SMILES string of the molecule is CN=C(C=C(C)C)c1c(C)ccc2c1oc1ncccc12. The van der Waals surface area contributed by atoms with Gasteiger partial charge in [-0.3, -0.25) is 4.99 Å². The highest BCUT2D eigenvalue weighted by Crippen LogP contribution is 2.32. The highest BCUT2D eigenvalue weighted by Gasteiger charge is 2.16. The molecule has 3 aromatic rings. The van der Waals surface area contributed by atoms with Gasteiger partial charge in [0, 0.05) is 29.6 Å². The van der Waals surface area contributed by atoms with Crippen molar-refractivity contribution in [2.75, 3.05) is 7.05 Å². The van der Waals surface area contributed by atoms with E-state index in [1.54, 1.807) is 6.20 Å². The Morgan fingerprint density at radius 1 is 1.19 bits per heavy atom. The van der Waals surface area contributed by atoms with Crippen molar-refractivity contribution in [2.24, 2.45) is 4.99 Å². The van der Waals surface area contributed by atoms with Crippen LogP contribution in [0.1, 0.15) is 25.0 Å². The van der Waals surface area contributed by atoms with E-state index in [1.807, 2.05) is 19.2 Å². The third-order valence-corrected chi connectivity index (χ3v) is 3.55. The van der Waals surface area contributed by atoms with Crippen molar-refractivity contribution in [2.45, 2.75) is 20.8 Å². The fourth-order valence-electron chi connectivity index (χ4n) is 2.61. The van der Waals surface area contributed by atoms with Crippen molar-refractivity contribution in [3.63, 3.8) is 0 Å². The standard InChI is InChI=1S/C18H18N2O/c1-11(2)10-15(19-4)16-12(3)7-8-13-14-6-5-9-20-18(14)21-17(13)16/h5-10H,1-4H3. The Labute approximate surface area is 124 Å². The van der Waals surface area contributed by atoms with Crippen molar-refractivity contribution in [1.29, 1.82) is 0 Å². The molecule has 2 aromatic heterocycles. The van der Waals surface area contributed by atoms with E-state index < -0.39 is 0 Å². The van der Waals surface area contributed by atoms with E-state index in [0.717, 1.165) is 33.2 Å². The zero-order chi connectivity index (χ0) is 15.0. The lowest BCUT2D eigenvalue weighted by Gasteiger charge is -2.07. The fourth-order valence-corrected chi connectivity index (χ4v) is 2.61. The normalized spacial score (nSPS) is 12.1. The Bertz CT molecular complexity index is 881. The van der Waals surface area contributed by atoms with Gasteiger partial charge in [0.05, 0.1) is 5.71 Å². The van der Waals surface area contributed by atoms with Gasteiger partial charge in [-0.05, 0) is 44.5 Å². The number of rotatable bonds is 2. The molecule has 0 saturated carbocycles. The number of aromatic nitrogens is 1. The Morgan fingerprint density at radius 3 is 2.71 bits per heavy atom. The van der Waals surface area contributed by atoms with Crippen molar-refractivity contribution >= 4 is 27.8 Å². The lowest BCUT2D eigenvalue weighted by Crippen LogP contribution is -2.01. The molecule has 0 saturated heterocycles. The van der Waals surface area contributed by atoms with Gasteiger partial charge in [-0.2, -0.15) is 0 Å². The Hall–Kier alpha value is -2.42. The summed E-state index contributed by atoms with van der Waals surface area (Å²) >= 11 is 0. The van der Waals surface area contributed by atoms with Crippen LogP contribution in [-0.2, 0) is 0 Å². The van der Waals surface area contributed by atoms with Crippen LogP contribution in [0.4, 0.5) is 0 Å². The molecule has 3 heteroatoms. The summed E-state index contributed by atoms with van der Waals surface area (Å²) in [6, 6.07) is 8.18. The molecule has 3 rings (SSSR count). The maximum atomic E-state index is 6.01. The van der Waals surface area contributed by atoms with Crippen LogP contribution < -0.4 is 0 Å². The highest BCUT2D eigenvalue weighted by molar-refractivity contribution is 6.19. The second-order valence-electron chi connectivity index (χ2n) is 5.42. The summed E-state index contributed by atoms with van der Waals surface area (Å²) in [4.78, 5) is 8.75. The second-order valence-corrected chi connectivity index (χ2v) is 5.42. The van der Waals surface area contributed by atoms with Crippen LogP contribution in [0.5, 0.6) is 0 Å². The zero-order valence-electron chi connectivity index (χ0n) is 12.8. The molecule has 21 heavy (non-hydrogen) atoms. The lowest BCUT2D eigenvalue weighted by molar-refractivity contribution is 0.653. The van der Waals surface area contributed by atoms with E-state index in [1.165, 1.54) is 5.57 Å². The van der Waals surface area contributed by atoms with Crippen molar-refractivity contribution < 1.29 is 4.42 Å². The van der Waals surface area contributed by atoms with Gasteiger partial charge in [0.1, 0.15) is 5.58 Å². The first kappa shape index (κ1) is 13.6. The Balaban J connectivity index is 2.41. The summed E-state index contributed by atoms with van der Waals surface area (Å²) in [6.07, 6.45) is 3.84. The number of benzene rings is 1. The average Bonchev–Trinajstić information content (AvgIpc) is 2.83. The van der Waals surface area contributed by atoms with Gasteiger partial charge in [-0.15, -0.1) is 0 Å². The van der Waals surface area contributed by atoms with Crippen LogP contribution in [0.3, 0.4) is 0 Å². The highest BCUT2D eigenvalue weighted by atomic mass is 16.3. The molecule has 106 valence electrons. The van der Waals surface area contributed by atoms with Gasteiger partial charge in [0.15, 0.2) is 0 Å². The number of aryl methyl sites for hydroxylation is 1. The lowest BCUT2D eigenvalue weighted by atomic mass is 9.99. The van der Waals surface area contributed by atoms with Gasteiger partial charge >= 0.3 is 0 Å². The maximum absolute atomic E-state index is 6.01. The van der Waals surface area contributed by atoms with Crippen molar-refractivity contribution in [3.8, 4) is 0 Å². The van der Waals surface area contributed by atoms with E-state index >= 15 is 0 Å². The Morgan fingerprint density at radius 2 is 2.00 bits per heavy atom. The molecule has 0 radical (unpaired) electrons. The van der Waals surface area contributed by atoms with E-state index in [4.69, 9.17) is 4.42 Å². The third kappa shape index (κ3) is 2.25. The van der Waals surface area contributed by atoms with Gasteiger partial charge < -0.3 is 4.42 Å². The average molecular weight is 278 g/mol. The van der Waals surface area contributed by atoms with Gasteiger partial charge in [-0.1, -0.05) is 17.7 Å². The molecule has 0 N–H and O–H groups in total. The number of nitrogens with zero attached hydrogens (tertiary/aromatic N) is 2. The molecule has 0 aliphatic carbocycles. The van der Waals surface area contributed by atoms with Crippen LogP contribution in [0.2, 0.25) is 0 Å². The summed E-state index contributed by atoms with van der Waals surface area (Å²) in [5.41, 5.74) is 5.89. The molecule has 0 spiro atoms. The van der Waals surface area contributed by atoms with Crippen molar-refractivity contribution in [1.82, 2.24) is 4.98 Å². The minimum Gasteiger partial charge on any atom is -0.437 e. The minimum absolute atomic E-state index is 0.673. The number of hydrogen-bond acceptors (Lipinski definition) is 3. The van der Waals surface area contributed by atoms with Gasteiger partial charge in [-0.25, -0.2) is 4.98 Å². The number of hydrogen-bond donors (Lipinski definition) is 0. The molecule has 3 nitrogen and oxygen atoms in total. The number of aliphatic imine (C=N–C) groups is 1. The summed E-state index contributed by atoms with van der Waals surface area (Å²) in [5, 5.41) is 2.13. The first-order valence-corrected chi connectivity index (χ1v) is 7.00. The topological polar surface area (TPSA) is 38.4 Å². The minimum atomic E-state index is 0.673. The molecular weight excluding hydrogens is 260 g/mol. The Kier molecular flexibility index (Phi) is 3.34. The zero-order valence-corrected chi connectivity index (χ0v) is 12.8. The molecule has 0 aliphatic rings. The predicted octanol–water partition coefficient (Wildman–Crippen LogP) is 4.67. The summed E-state index contributed by atoms with van der Waals surface area (Å²) < 4.78 is 6.01.